The first kappa shape index (κ1) is 11.0. The summed E-state index contributed by atoms with van der Waals surface area (Å²) in [4.78, 5) is 2.33. The van der Waals surface area contributed by atoms with Crippen LogP contribution in [0.3, 0.4) is 0 Å². The van der Waals surface area contributed by atoms with Crippen LogP contribution in [0.2, 0.25) is 0 Å². The molecule has 0 aromatic heterocycles. The summed E-state index contributed by atoms with van der Waals surface area (Å²) in [5, 5.41) is 0. The van der Waals surface area contributed by atoms with Crippen LogP contribution in [0.15, 0.2) is 0 Å². The van der Waals surface area contributed by atoms with Crippen LogP contribution >= 0.6 is 0 Å². The van der Waals surface area contributed by atoms with E-state index in [1.54, 1.807) is 0 Å². The molecule has 0 aromatic carbocycles. The molecule has 0 amide bonds. The van der Waals surface area contributed by atoms with Gasteiger partial charge in [-0.25, -0.2) is 0 Å². The Bertz CT molecular complexity index is 115. The summed E-state index contributed by atoms with van der Waals surface area (Å²) < 4.78 is 0. The first-order chi connectivity index (χ1) is 4.95. The van der Waals surface area contributed by atoms with Crippen LogP contribution in [0.25, 0.3) is 0 Å². The fourth-order valence-electron chi connectivity index (χ4n) is 1.04. The molecule has 0 aromatic rings. The second-order valence-corrected chi connectivity index (χ2v) is 3.94. The largest absolute Gasteiger partial charge is 0.346 e. The van der Waals surface area contributed by atoms with Crippen molar-refractivity contribution in [1.82, 2.24) is 4.81 Å². The molecule has 1 unspecified atom stereocenters. The zero-order valence-corrected chi connectivity index (χ0v) is 8.52. The standard InChI is InChI=1S/C8H21BN2/c1-5-11(9)7(2)8(3,4)6-10/h7H,5-6,9-10H2,1-4H3. The van der Waals surface area contributed by atoms with Crippen LogP contribution in [0, 0.1) is 5.41 Å². The minimum Gasteiger partial charge on any atom is -0.346 e. The Morgan fingerprint density at radius 1 is 1.55 bits per heavy atom. The van der Waals surface area contributed by atoms with Crippen molar-refractivity contribution in [2.45, 2.75) is 33.7 Å². The molecule has 0 saturated carbocycles. The predicted octanol–water partition coefficient (Wildman–Crippen LogP) is 0.230. The highest BCUT2D eigenvalue weighted by molar-refractivity contribution is 6.04. The third kappa shape index (κ3) is 2.84. The summed E-state index contributed by atoms with van der Waals surface area (Å²) in [5.41, 5.74) is 5.90. The van der Waals surface area contributed by atoms with E-state index in [1.807, 2.05) is 0 Å². The Morgan fingerprint density at radius 3 is 2.27 bits per heavy atom. The molecular weight excluding hydrogens is 135 g/mol. The van der Waals surface area contributed by atoms with Crippen molar-refractivity contribution in [3.63, 3.8) is 0 Å². The highest BCUT2D eigenvalue weighted by atomic mass is 15.1. The van der Waals surface area contributed by atoms with E-state index in [0.29, 0.717) is 6.04 Å². The highest BCUT2D eigenvalue weighted by Crippen LogP contribution is 2.21. The molecule has 3 heteroatoms. The molecule has 0 saturated heterocycles. The van der Waals surface area contributed by atoms with Crippen molar-refractivity contribution in [1.29, 1.82) is 0 Å². The molecule has 0 aliphatic carbocycles. The topological polar surface area (TPSA) is 29.3 Å². The summed E-state index contributed by atoms with van der Waals surface area (Å²) >= 11 is 0. The molecule has 2 nitrogen and oxygen atoms in total. The third-order valence-electron chi connectivity index (χ3n) is 2.82. The minimum atomic E-state index is 0.227. The van der Waals surface area contributed by atoms with Crippen LogP contribution in [-0.2, 0) is 0 Å². The average Bonchev–Trinajstić information content (AvgIpc) is 2.01. The van der Waals surface area contributed by atoms with E-state index < -0.39 is 0 Å². The second kappa shape index (κ2) is 4.12. The third-order valence-corrected chi connectivity index (χ3v) is 2.82. The first-order valence-electron chi connectivity index (χ1n) is 4.36. The molecule has 0 heterocycles. The lowest BCUT2D eigenvalue weighted by Gasteiger charge is -2.37. The number of nitrogens with two attached hydrogens (primary N) is 1. The lowest BCUT2D eigenvalue weighted by atomic mass is 9.83. The average molecular weight is 156 g/mol. The number of nitrogens with zero attached hydrogens (tertiary/aromatic N) is 1. The Morgan fingerprint density at radius 2 is 2.00 bits per heavy atom. The van der Waals surface area contributed by atoms with E-state index in [0.717, 1.165) is 13.1 Å². The Hall–Kier alpha value is -0.0151. The molecule has 11 heavy (non-hydrogen) atoms. The molecule has 1 atom stereocenters. The van der Waals surface area contributed by atoms with E-state index in [4.69, 9.17) is 5.73 Å². The van der Waals surface area contributed by atoms with Gasteiger partial charge in [0, 0.05) is 6.04 Å². The van der Waals surface area contributed by atoms with E-state index in [-0.39, 0.29) is 5.41 Å². The van der Waals surface area contributed by atoms with E-state index >= 15 is 0 Å². The zero-order chi connectivity index (χ0) is 9.07. The molecule has 0 fully saturated rings. The van der Waals surface area contributed by atoms with Gasteiger partial charge in [0.25, 0.3) is 0 Å². The monoisotopic (exact) mass is 156 g/mol. The van der Waals surface area contributed by atoms with Gasteiger partial charge in [-0.3, -0.25) is 0 Å². The van der Waals surface area contributed by atoms with Gasteiger partial charge in [-0.15, -0.1) is 0 Å². The predicted molar refractivity (Wildman–Crippen MR) is 53.2 cm³/mol. The van der Waals surface area contributed by atoms with Gasteiger partial charge in [-0.1, -0.05) is 20.8 Å². The molecule has 0 rings (SSSR count). The van der Waals surface area contributed by atoms with Gasteiger partial charge in [-0.2, -0.15) is 0 Å². The van der Waals surface area contributed by atoms with Crippen molar-refractivity contribution < 1.29 is 0 Å². The van der Waals surface area contributed by atoms with Crippen molar-refractivity contribution in [3.8, 4) is 0 Å². The molecule has 0 spiro atoms. The smallest absolute Gasteiger partial charge is 0.185 e. The van der Waals surface area contributed by atoms with Crippen molar-refractivity contribution in [3.05, 3.63) is 0 Å². The van der Waals surface area contributed by atoms with Gasteiger partial charge in [0.05, 0.1) is 0 Å². The second-order valence-electron chi connectivity index (χ2n) is 3.94. The summed E-state index contributed by atoms with van der Waals surface area (Å²) in [6.45, 7) is 10.7. The van der Waals surface area contributed by atoms with Crippen molar-refractivity contribution >= 4 is 7.98 Å². The van der Waals surface area contributed by atoms with Crippen LogP contribution < -0.4 is 5.73 Å². The Balaban J connectivity index is 4.10. The molecular formula is C8H21BN2. The lowest BCUT2D eigenvalue weighted by molar-refractivity contribution is 0.190. The van der Waals surface area contributed by atoms with Gasteiger partial charge in [0.15, 0.2) is 7.98 Å². The molecule has 66 valence electrons. The van der Waals surface area contributed by atoms with E-state index in [2.05, 4.69) is 40.5 Å². The normalized spacial score (nSPS) is 15.5. The van der Waals surface area contributed by atoms with Crippen LogP contribution in [-0.4, -0.2) is 31.9 Å². The maximum atomic E-state index is 5.67. The summed E-state index contributed by atoms with van der Waals surface area (Å²) in [6.07, 6.45) is 0. The summed E-state index contributed by atoms with van der Waals surface area (Å²) in [5.74, 6) is 0. The van der Waals surface area contributed by atoms with Gasteiger partial charge < -0.3 is 10.5 Å². The Kier molecular flexibility index (Phi) is 4.12. The molecule has 0 aliphatic heterocycles. The Labute approximate surface area is 71.6 Å². The maximum Gasteiger partial charge on any atom is 0.185 e. The SMILES string of the molecule is BN(CC)C(C)C(C)(C)CN. The van der Waals surface area contributed by atoms with Gasteiger partial charge in [-0.05, 0) is 25.4 Å². The quantitative estimate of drug-likeness (QED) is 0.590. The first-order valence-corrected chi connectivity index (χ1v) is 4.36. The number of hydrogen-bond donors (Lipinski definition) is 1. The van der Waals surface area contributed by atoms with E-state index in [9.17, 15) is 0 Å². The maximum absolute atomic E-state index is 5.67. The van der Waals surface area contributed by atoms with Gasteiger partial charge in [0.1, 0.15) is 0 Å². The van der Waals surface area contributed by atoms with Gasteiger partial charge >= 0.3 is 0 Å². The minimum absolute atomic E-state index is 0.227. The molecule has 0 bridgehead atoms. The summed E-state index contributed by atoms with van der Waals surface area (Å²) in [7, 11) is 2.14. The van der Waals surface area contributed by atoms with Crippen molar-refractivity contribution in [2.75, 3.05) is 13.1 Å². The fourth-order valence-corrected chi connectivity index (χ4v) is 1.04. The van der Waals surface area contributed by atoms with E-state index in [1.165, 1.54) is 0 Å². The fraction of sp³-hybridized carbons (Fsp3) is 1.00. The highest BCUT2D eigenvalue weighted by Gasteiger charge is 2.25. The van der Waals surface area contributed by atoms with Crippen molar-refractivity contribution in [2.24, 2.45) is 11.1 Å². The van der Waals surface area contributed by atoms with Crippen LogP contribution in [0.4, 0.5) is 0 Å². The van der Waals surface area contributed by atoms with Crippen LogP contribution in [0.1, 0.15) is 27.7 Å². The molecule has 0 radical (unpaired) electrons. The molecule has 2 N–H and O–H groups in total. The molecule has 0 aliphatic rings. The van der Waals surface area contributed by atoms with Crippen LogP contribution in [0.5, 0.6) is 0 Å². The van der Waals surface area contributed by atoms with Gasteiger partial charge in [0.2, 0.25) is 0 Å². The number of rotatable bonds is 4. The lowest BCUT2D eigenvalue weighted by Crippen LogP contribution is -2.45. The zero-order valence-electron chi connectivity index (χ0n) is 8.52. The number of hydrogen-bond acceptors (Lipinski definition) is 2. The summed E-state index contributed by atoms with van der Waals surface area (Å²) in [6, 6.07) is 0.553.